The van der Waals surface area contributed by atoms with Gasteiger partial charge in [-0.2, -0.15) is 8.70 Å². The van der Waals surface area contributed by atoms with E-state index in [1.807, 2.05) is 13.8 Å². The number of rotatable bonds is 4. The zero-order valence-corrected chi connectivity index (χ0v) is 12.6. The Balaban J connectivity index is 2.40. The lowest BCUT2D eigenvalue weighted by molar-refractivity contribution is -0.387. The monoisotopic (exact) mass is 316 g/mol. The SMILES string of the molecule is CC(C)C1CCCN1S(=O)(=O)c1ccc([N+](=O)[O-])c(F)c1. The van der Waals surface area contributed by atoms with Crippen molar-refractivity contribution >= 4 is 15.7 Å². The van der Waals surface area contributed by atoms with Gasteiger partial charge < -0.3 is 0 Å². The van der Waals surface area contributed by atoms with Gasteiger partial charge in [-0.05, 0) is 24.8 Å². The van der Waals surface area contributed by atoms with Crippen LogP contribution >= 0.6 is 0 Å². The third-order valence-electron chi connectivity index (χ3n) is 3.74. The van der Waals surface area contributed by atoms with Crippen molar-refractivity contribution in [3.8, 4) is 0 Å². The molecule has 1 saturated heterocycles. The second-order valence-electron chi connectivity index (χ2n) is 5.44. The van der Waals surface area contributed by atoms with Crippen molar-refractivity contribution < 1.29 is 17.7 Å². The number of hydrogen-bond donors (Lipinski definition) is 0. The Bertz CT molecular complexity index is 660. The molecular weight excluding hydrogens is 299 g/mol. The molecule has 2 rings (SSSR count). The molecule has 0 radical (unpaired) electrons. The van der Waals surface area contributed by atoms with Crippen LogP contribution in [0.1, 0.15) is 26.7 Å². The molecular formula is C13H17FN2O4S. The first kappa shape index (κ1) is 15.8. The summed E-state index contributed by atoms with van der Waals surface area (Å²) in [6, 6.07) is 2.59. The zero-order chi connectivity index (χ0) is 15.8. The molecule has 1 aliphatic rings. The predicted octanol–water partition coefficient (Wildman–Crippen LogP) is 2.54. The van der Waals surface area contributed by atoms with Crippen molar-refractivity contribution in [2.75, 3.05) is 6.54 Å². The largest absolute Gasteiger partial charge is 0.304 e. The Morgan fingerprint density at radius 2 is 2.10 bits per heavy atom. The van der Waals surface area contributed by atoms with Crippen LogP contribution in [0.5, 0.6) is 0 Å². The lowest BCUT2D eigenvalue weighted by Crippen LogP contribution is -2.38. The van der Waals surface area contributed by atoms with Gasteiger partial charge in [-0.25, -0.2) is 8.42 Å². The summed E-state index contributed by atoms with van der Waals surface area (Å²) in [4.78, 5) is 9.47. The molecule has 1 aromatic carbocycles. The summed E-state index contributed by atoms with van der Waals surface area (Å²) in [6.45, 7) is 4.27. The Kier molecular flexibility index (Phi) is 4.29. The molecule has 1 heterocycles. The third kappa shape index (κ3) is 2.91. The molecule has 116 valence electrons. The van der Waals surface area contributed by atoms with Gasteiger partial charge in [0, 0.05) is 24.7 Å². The quantitative estimate of drug-likeness (QED) is 0.631. The number of halogens is 1. The number of nitro benzene ring substituents is 1. The maximum Gasteiger partial charge on any atom is 0.304 e. The number of nitrogens with zero attached hydrogens (tertiary/aromatic N) is 2. The van der Waals surface area contributed by atoms with Crippen LogP contribution in [0.25, 0.3) is 0 Å². The summed E-state index contributed by atoms with van der Waals surface area (Å²) in [5, 5.41) is 10.6. The normalized spacial score (nSPS) is 20.1. The molecule has 1 atom stereocenters. The van der Waals surface area contributed by atoms with Gasteiger partial charge in [0.2, 0.25) is 15.8 Å². The number of sulfonamides is 1. The average Bonchev–Trinajstić information content (AvgIpc) is 2.88. The summed E-state index contributed by atoms with van der Waals surface area (Å²) in [5.74, 6) is -0.980. The highest BCUT2D eigenvalue weighted by Gasteiger charge is 2.37. The van der Waals surface area contributed by atoms with Crippen molar-refractivity contribution in [2.45, 2.75) is 37.6 Å². The van der Waals surface area contributed by atoms with Crippen molar-refractivity contribution in [1.29, 1.82) is 0 Å². The van der Waals surface area contributed by atoms with Gasteiger partial charge in [-0.1, -0.05) is 13.8 Å². The molecule has 0 aliphatic carbocycles. The average molecular weight is 316 g/mol. The molecule has 0 N–H and O–H groups in total. The summed E-state index contributed by atoms with van der Waals surface area (Å²) in [6.07, 6.45) is 1.53. The molecule has 1 aliphatic heterocycles. The molecule has 1 fully saturated rings. The van der Waals surface area contributed by atoms with Crippen molar-refractivity contribution in [2.24, 2.45) is 5.92 Å². The smallest absolute Gasteiger partial charge is 0.258 e. The van der Waals surface area contributed by atoms with Crippen LogP contribution < -0.4 is 0 Å². The molecule has 1 unspecified atom stereocenters. The van der Waals surface area contributed by atoms with E-state index in [0.29, 0.717) is 6.54 Å². The maximum atomic E-state index is 13.6. The minimum absolute atomic E-state index is 0.117. The van der Waals surface area contributed by atoms with E-state index in [2.05, 4.69) is 0 Å². The number of nitro groups is 1. The summed E-state index contributed by atoms with van der Waals surface area (Å²) in [5.41, 5.74) is -0.726. The third-order valence-corrected chi connectivity index (χ3v) is 5.66. The van der Waals surface area contributed by atoms with E-state index in [1.165, 1.54) is 4.31 Å². The van der Waals surface area contributed by atoms with Crippen molar-refractivity contribution in [1.82, 2.24) is 4.31 Å². The van der Waals surface area contributed by atoms with Crippen LogP contribution in [-0.2, 0) is 10.0 Å². The van der Waals surface area contributed by atoms with Crippen LogP contribution in [0, 0.1) is 21.8 Å². The minimum atomic E-state index is -3.83. The van der Waals surface area contributed by atoms with Crippen molar-refractivity contribution in [3.63, 3.8) is 0 Å². The lowest BCUT2D eigenvalue weighted by atomic mass is 10.0. The topological polar surface area (TPSA) is 80.5 Å². The molecule has 21 heavy (non-hydrogen) atoms. The van der Waals surface area contributed by atoms with Crippen LogP contribution in [0.15, 0.2) is 23.1 Å². The van der Waals surface area contributed by atoms with E-state index in [4.69, 9.17) is 0 Å². The molecule has 0 saturated carbocycles. The summed E-state index contributed by atoms with van der Waals surface area (Å²) in [7, 11) is -3.83. The molecule has 0 amide bonds. The molecule has 1 aromatic rings. The lowest BCUT2D eigenvalue weighted by Gasteiger charge is -2.26. The standard InChI is InChI=1S/C13H17FN2O4S/c1-9(2)12-4-3-7-15(12)21(19,20)10-5-6-13(16(17)18)11(14)8-10/h5-6,8-9,12H,3-4,7H2,1-2H3. The van der Waals surface area contributed by atoms with E-state index < -0.39 is 26.5 Å². The first-order valence-corrected chi connectivity index (χ1v) is 8.15. The van der Waals surface area contributed by atoms with Crippen LogP contribution in [0.4, 0.5) is 10.1 Å². The van der Waals surface area contributed by atoms with E-state index >= 15 is 0 Å². The molecule has 8 heteroatoms. The zero-order valence-electron chi connectivity index (χ0n) is 11.8. The Hall–Kier alpha value is -1.54. The first-order chi connectivity index (χ1) is 9.75. The fourth-order valence-electron chi connectivity index (χ4n) is 2.66. The number of hydrogen-bond acceptors (Lipinski definition) is 4. The van der Waals surface area contributed by atoms with Gasteiger partial charge in [0.05, 0.1) is 9.82 Å². The first-order valence-electron chi connectivity index (χ1n) is 6.71. The van der Waals surface area contributed by atoms with Gasteiger partial charge in [0.1, 0.15) is 0 Å². The van der Waals surface area contributed by atoms with E-state index in [-0.39, 0.29) is 16.9 Å². The number of benzene rings is 1. The highest BCUT2D eigenvalue weighted by atomic mass is 32.2. The van der Waals surface area contributed by atoms with Gasteiger partial charge in [0.25, 0.3) is 0 Å². The van der Waals surface area contributed by atoms with E-state index in [9.17, 15) is 22.9 Å². The van der Waals surface area contributed by atoms with Crippen LogP contribution in [0.2, 0.25) is 0 Å². The highest BCUT2D eigenvalue weighted by Crippen LogP contribution is 2.31. The van der Waals surface area contributed by atoms with E-state index in [0.717, 1.165) is 31.0 Å². The Morgan fingerprint density at radius 1 is 1.43 bits per heavy atom. The summed E-state index contributed by atoms with van der Waals surface area (Å²) >= 11 is 0. The minimum Gasteiger partial charge on any atom is -0.258 e. The molecule has 0 aromatic heterocycles. The van der Waals surface area contributed by atoms with E-state index in [1.54, 1.807) is 0 Å². The Labute approximate surface area is 122 Å². The van der Waals surface area contributed by atoms with Crippen LogP contribution in [0.3, 0.4) is 0 Å². The fourth-order valence-corrected chi connectivity index (χ4v) is 4.50. The molecule has 6 nitrogen and oxygen atoms in total. The summed E-state index contributed by atoms with van der Waals surface area (Å²) < 4.78 is 40.2. The highest BCUT2D eigenvalue weighted by molar-refractivity contribution is 7.89. The van der Waals surface area contributed by atoms with Gasteiger partial charge >= 0.3 is 5.69 Å². The van der Waals surface area contributed by atoms with Crippen LogP contribution in [-0.4, -0.2) is 30.2 Å². The fraction of sp³-hybridized carbons (Fsp3) is 0.538. The van der Waals surface area contributed by atoms with Gasteiger partial charge in [0.15, 0.2) is 0 Å². The second-order valence-corrected chi connectivity index (χ2v) is 7.33. The van der Waals surface area contributed by atoms with Crippen molar-refractivity contribution in [3.05, 3.63) is 34.1 Å². The Morgan fingerprint density at radius 3 is 2.62 bits per heavy atom. The molecule has 0 bridgehead atoms. The molecule has 0 spiro atoms. The predicted molar refractivity (Wildman–Crippen MR) is 74.8 cm³/mol. The van der Waals surface area contributed by atoms with Gasteiger partial charge in [-0.15, -0.1) is 0 Å². The second kappa shape index (κ2) is 5.69. The van der Waals surface area contributed by atoms with Gasteiger partial charge in [-0.3, -0.25) is 10.1 Å². The maximum absolute atomic E-state index is 13.6.